The minimum Gasteiger partial charge on any atom is -0.464 e. The maximum Gasteiger partial charge on any atom is 0.420 e. The van der Waals surface area contributed by atoms with Gasteiger partial charge in [0.05, 0.1) is 24.4 Å². The molecule has 10 nitrogen and oxygen atoms in total. The standard InChI is InChI=1S/C27H25N7O3/c1-28-20-8-6-18(7-9-20)23-22(19-13-21-24(30-14-19)33(3)27(35)37-21)25-29-10-12-34(25)26(31-23)36-16-17-5-4-11-32(2)15-17/h6-10,12-14,17H,4-5,11,15-16H2,2-3H3/t17-/m1/s1. The predicted octanol–water partition coefficient (Wildman–Crippen LogP) is 4.17. The van der Waals surface area contributed by atoms with Crippen LogP contribution in [0.5, 0.6) is 6.01 Å². The van der Waals surface area contributed by atoms with Gasteiger partial charge in [0, 0.05) is 43.7 Å². The van der Waals surface area contributed by atoms with E-state index in [1.807, 2.05) is 22.7 Å². The SMILES string of the molecule is [C-]#[N+]c1ccc(-c2nc(OC[C@@H]3CCCN(C)C3)n3ccnc3c2-c2cnc3c(c2)oc(=O)n3C)cc1. The van der Waals surface area contributed by atoms with E-state index < -0.39 is 5.76 Å². The summed E-state index contributed by atoms with van der Waals surface area (Å²) in [6.45, 7) is 9.96. The van der Waals surface area contributed by atoms with E-state index in [1.54, 1.807) is 37.6 Å². The first-order chi connectivity index (χ1) is 18.0. The second-order valence-corrected chi connectivity index (χ2v) is 9.45. The highest BCUT2D eigenvalue weighted by Gasteiger charge is 2.23. The molecule has 0 bridgehead atoms. The number of oxazole rings is 1. The number of imidazole rings is 1. The van der Waals surface area contributed by atoms with Crippen LogP contribution in [0.3, 0.4) is 0 Å². The zero-order valence-electron chi connectivity index (χ0n) is 20.6. The highest BCUT2D eigenvalue weighted by Crippen LogP contribution is 2.37. The topological polar surface area (TPSA) is 95.1 Å². The lowest BCUT2D eigenvalue weighted by Gasteiger charge is -2.29. The molecule has 1 aliphatic heterocycles. The molecule has 4 aromatic heterocycles. The van der Waals surface area contributed by atoms with E-state index in [9.17, 15) is 4.79 Å². The molecule has 5 aromatic rings. The van der Waals surface area contributed by atoms with Gasteiger partial charge in [-0.25, -0.2) is 19.6 Å². The number of pyridine rings is 1. The summed E-state index contributed by atoms with van der Waals surface area (Å²) in [5.74, 6) is -0.0522. The molecule has 0 N–H and O–H groups in total. The third-order valence-corrected chi connectivity index (χ3v) is 6.87. The van der Waals surface area contributed by atoms with E-state index in [4.69, 9.17) is 20.7 Å². The average molecular weight is 496 g/mol. The van der Waals surface area contributed by atoms with Gasteiger partial charge < -0.3 is 14.1 Å². The molecule has 6 rings (SSSR count). The molecule has 1 aliphatic rings. The largest absolute Gasteiger partial charge is 0.464 e. The normalized spacial score (nSPS) is 16.3. The summed E-state index contributed by atoms with van der Waals surface area (Å²) in [6.07, 6.45) is 7.50. The van der Waals surface area contributed by atoms with E-state index in [0.29, 0.717) is 52.4 Å². The van der Waals surface area contributed by atoms with Crippen molar-refractivity contribution in [3.05, 3.63) is 70.9 Å². The van der Waals surface area contributed by atoms with Crippen LogP contribution in [0.1, 0.15) is 12.8 Å². The third kappa shape index (κ3) is 4.13. The average Bonchev–Trinajstić information content (AvgIpc) is 3.51. The van der Waals surface area contributed by atoms with E-state index in [1.165, 1.54) is 4.57 Å². The van der Waals surface area contributed by atoms with E-state index >= 15 is 0 Å². The van der Waals surface area contributed by atoms with Gasteiger partial charge in [0.15, 0.2) is 22.6 Å². The highest BCUT2D eigenvalue weighted by atomic mass is 16.5. The molecule has 5 heterocycles. The van der Waals surface area contributed by atoms with Gasteiger partial charge in [-0.15, -0.1) is 0 Å². The number of fused-ring (bicyclic) bond motifs is 2. The van der Waals surface area contributed by atoms with Gasteiger partial charge in [0.2, 0.25) is 0 Å². The zero-order chi connectivity index (χ0) is 25.5. The monoisotopic (exact) mass is 495 g/mol. The van der Waals surface area contributed by atoms with Crippen LogP contribution in [-0.4, -0.2) is 55.6 Å². The van der Waals surface area contributed by atoms with Crippen molar-refractivity contribution in [2.75, 3.05) is 26.7 Å². The van der Waals surface area contributed by atoms with Crippen LogP contribution in [0.2, 0.25) is 0 Å². The van der Waals surface area contributed by atoms with E-state index in [2.05, 4.69) is 26.8 Å². The van der Waals surface area contributed by atoms with Crippen molar-refractivity contribution in [2.45, 2.75) is 12.8 Å². The Bertz CT molecular complexity index is 1710. The Labute approximate surface area is 212 Å². The fourth-order valence-electron chi connectivity index (χ4n) is 4.98. The molecule has 0 unspecified atom stereocenters. The van der Waals surface area contributed by atoms with Gasteiger partial charge in [0.1, 0.15) is 0 Å². The van der Waals surface area contributed by atoms with Crippen molar-refractivity contribution in [3.8, 4) is 28.4 Å². The number of aryl methyl sites for hydroxylation is 1. The minimum absolute atomic E-state index is 0.380. The maximum absolute atomic E-state index is 12.1. The summed E-state index contributed by atoms with van der Waals surface area (Å²) in [5.41, 5.74) is 4.91. The number of hydrogen-bond acceptors (Lipinski definition) is 7. The maximum atomic E-state index is 12.1. The zero-order valence-corrected chi connectivity index (χ0v) is 20.6. The van der Waals surface area contributed by atoms with E-state index in [0.717, 1.165) is 37.1 Å². The summed E-state index contributed by atoms with van der Waals surface area (Å²) in [5, 5.41) is 0. The molecule has 37 heavy (non-hydrogen) atoms. The van der Waals surface area contributed by atoms with Crippen LogP contribution in [0.25, 0.3) is 44.1 Å². The van der Waals surface area contributed by atoms with Gasteiger partial charge >= 0.3 is 11.8 Å². The fraction of sp³-hybridized carbons (Fsp3) is 0.296. The summed E-state index contributed by atoms with van der Waals surface area (Å²) in [6, 6.07) is 9.50. The summed E-state index contributed by atoms with van der Waals surface area (Å²) < 4.78 is 14.9. The van der Waals surface area contributed by atoms with Crippen molar-refractivity contribution in [1.29, 1.82) is 0 Å². The Morgan fingerprint density at radius 2 is 2.00 bits per heavy atom. The second-order valence-electron chi connectivity index (χ2n) is 9.45. The van der Waals surface area contributed by atoms with Crippen LogP contribution in [0.4, 0.5) is 5.69 Å². The number of aromatic nitrogens is 5. The van der Waals surface area contributed by atoms with Gasteiger partial charge in [0.25, 0.3) is 0 Å². The number of piperidine rings is 1. The number of nitrogens with zero attached hydrogens (tertiary/aromatic N) is 7. The second kappa shape index (κ2) is 9.19. The van der Waals surface area contributed by atoms with Gasteiger partial charge in [-0.1, -0.05) is 24.3 Å². The molecule has 10 heteroatoms. The first-order valence-corrected chi connectivity index (χ1v) is 12.1. The molecule has 0 amide bonds. The van der Waals surface area contributed by atoms with Gasteiger partial charge in [-0.3, -0.25) is 8.97 Å². The molecule has 0 radical (unpaired) electrons. The van der Waals surface area contributed by atoms with Crippen molar-refractivity contribution < 1.29 is 9.15 Å². The number of likely N-dealkylation sites (tertiary alicyclic amines) is 1. The van der Waals surface area contributed by atoms with Gasteiger partial charge in [-0.2, -0.15) is 4.98 Å². The van der Waals surface area contributed by atoms with Crippen LogP contribution in [0.15, 0.2) is 58.1 Å². The summed E-state index contributed by atoms with van der Waals surface area (Å²) in [4.78, 5) is 32.0. The lowest BCUT2D eigenvalue weighted by atomic mass is 10.00. The van der Waals surface area contributed by atoms with E-state index in [-0.39, 0.29) is 0 Å². The molecule has 1 aromatic carbocycles. The van der Waals surface area contributed by atoms with Crippen LogP contribution in [-0.2, 0) is 7.05 Å². The van der Waals surface area contributed by atoms with Crippen molar-refractivity contribution in [2.24, 2.45) is 13.0 Å². The Morgan fingerprint density at radius 1 is 1.16 bits per heavy atom. The smallest absolute Gasteiger partial charge is 0.420 e. The Morgan fingerprint density at radius 3 is 2.78 bits per heavy atom. The lowest BCUT2D eigenvalue weighted by molar-refractivity contribution is 0.143. The number of benzene rings is 1. The highest BCUT2D eigenvalue weighted by molar-refractivity contribution is 5.92. The minimum atomic E-state index is -0.476. The van der Waals surface area contributed by atoms with Crippen LogP contribution >= 0.6 is 0 Å². The Balaban J connectivity index is 1.51. The quantitative estimate of drug-likeness (QED) is 0.338. The number of ether oxygens (including phenoxy) is 1. The third-order valence-electron chi connectivity index (χ3n) is 6.87. The molecule has 0 aliphatic carbocycles. The van der Waals surface area contributed by atoms with Crippen molar-refractivity contribution in [3.63, 3.8) is 0 Å². The molecule has 1 fully saturated rings. The first kappa shape index (κ1) is 22.9. The molecular weight excluding hydrogens is 470 g/mol. The predicted molar refractivity (Wildman–Crippen MR) is 139 cm³/mol. The molecule has 0 saturated carbocycles. The Kier molecular flexibility index (Phi) is 5.70. The van der Waals surface area contributed by atoms with Crippen LogP contribution in [0, 0.1) is 12.5 Å². The summed E-state index contributed by atoms with van der Waals surface area (Å²) >= 11 is 0. The molecular formula is C27H25N7O3. The summed E-state index contributed by atoms with van der Waals surface area (Å²) in [7, 11) is 3.76. The molecule has 1 atom stereocenters. The van der Waals surface area contributed by atoms with Gasteiger partial charge in [-0.05, 0) is 38.1 Å². The number of rotatable bonds is 5. The Hall–Kier alpha value is -4.49. The van der Waals surface area contributed by atoms with Crippen LogP contribution < -0.4 is 10.5 Å². The fourth-order valence-corrected chi connectivity index (χ4v) is 4.98. The van der Waals surface area contributed by atoms with Crippen molar-refractivity contribution in [1.82, 2.24) is 28.8 Å². The molecule has 1 saturated heterocycles. The lowest BCUT2D eigenvalue weighted by Crippen LogP contribution is -2.35. The number of hydrogen-bond donors (Lipinski definition) is 0. The first-order valence-electron chi connectivity index (χ1n) is 12.1. The van der Waals surface area contributed by atoms with Crippen molar-refractivity contribution >= 4 is 22.6 Å². The molecule has 186 valence electrons. The molecule has 0 spiro atoms.